The second-order valence-electron chi connectivity index (χ2n) is 5.33. The van der Waals surface area contributed by atoms with Crippen molar-refractivity contribution < 1.29 is 9.47 Å². The molecule has 1 rings (SSSR count). The molecule has 0 aliphatic rings. The topological polar surface area (TPSA) is 56.5 Å². The average Bonchev–Trinajstić information content (AvgIpc) is 2.31. The maximum Gasteiger partial charge on any atom is 0.124 e. The Morgan fingerprint density at radius 1 is 1.32 bits per heavy atom. The molecule has 0 aromatic heterocycles. The van der Waals surface area contributed by atoms with Gasteiger partial charge in [-0.25, -0.2) is 5.43 Å². The SMILES string of the molecule is CCOC(C)(C)C(NN)c1c(C)cc(C)cc1OC. The molecule has 0 aliphatic carbocycles. The lowest BCUT2D eigenvalue weighted by molar-refractivity contribution is -0.0399. The van der Waals surface area contributed by atoms with E-state index in [0.29, 0.717) is 6.61 Å². The molecule has 1 aromatic rings. The van der Waals surface area contributed by atoms with E-state index in [-0.39, 0.29) is 6.04 Å². The first kappa shape index (κ1) is 16.0. The fraction of sp³-hybridized carbons (Fsp3) is 0.600. The van der Waals surface area contributed by atoms with Crippen molar-refractivity contribution in [3.63, 3.8) is 0 Å². The van der Waals surface area contributed by atoms with Crippen molar-refractivity contribution in [1.29, 1.82) is 0 Å². The van der Waals surface area contributed by atoms with Crippen molar-refractivity contribution in [2.45, 2.75) is 46.3 Å². The summed E-state index contributed by atoms with van der Waals surface area (Å²) in [7, 11) is 1.68. The maximum atomic E-state index is 5.82. The van der Waals surface area contributed by atoms with Gasteiger partial charge in [-0.15, -0.1) is 0 Å². The first-order valence-corrected chi connectivity index (χ1v) is 6.62. The van der Waals surface area contributed by atoms with E-state index in [1.165, 1.54) is 5.56 Å². The molecule has 1 atom stereocenters. The van der Waals surface area contributed by atoms with E-state index in [4.69, 9.17) is 15.3 Å². The van der Waals surface area contributed by atoms with E-state index in [9.17, 15) is 0 Å². The van der Waals surface area contributed by atoms with Crippen LogP contribution >= 0.6 is 0 Å². The summed E-state index contributed by atoms with van der Waals surface area (Å²) in [5.74, 6) is 6.61. The minimum absolute atomic E-state index is 0.136. The number of benzene rings is 1. The van der Waals surface area contributed by atoms with Crippen molar-refractivity contribution in [2.24, 2.45) is 5.84 Å². The standard InChI is InChI=1S/C15H26N2O2/c1-7-19-15(4,5)14(17-16)13-11(3)8-10(2)9-12(13)18-6/h8-9,14,17H,7,16H2,1-6H3. The van der Waals surface area contributed by atoms with Gasteiger partial charge < -0.3 is 9.47 Å². The molecular formula is C15H26N2O2. The largest absolute Gasteiger partial charge is 0.496 e. The average molecular weight is 266 g/mol. The predicted octanol–water partition coefficient (Wildman–Crippen LogP) is 2.63. The van der Waals surface area contributed by atoms with Gasteiger partial charge >= 0.3 is 0 Å². The second-order valence-corrected chi connectivity index (χ2v) is 5.33. The highest BCUT2D eigenvalue weighted by atomic mass is 16.5. The zero-order valence-corrected chi connectivity index (χ0v) is 12.8. The monoisotopic (exact) mass is 266 g/mol. The highest BCUT2D eigenvalue weighted by Crippen LogP contribution is 2.37. The molecule has 108 valence electrons. The smallest absolute Gasteiger partial charge is 0.124 e. The van der Waals surface area contributed by atoms with Crippen LogP contribution in [-0.2, 0) is 4.74 Å². The summed E-state index contributed by atoms with van der Waals surface area (Å²) in [6.45, 7) is 10.8. The van der Waals surface area contributed by atoms with Crippen LogP contribution in [0.15, 0.2) is 12.1 Å². The quantitative estimate of drug-likeness (QED) is 0.614. The molecule has 4 nitrogen and oxygen atoms in total. The molecule has 0 heterocycles. The molecule has 0 spiro atoms. The molecule has 19 heavy (non-hydrogen) atoms. The van der Waals surface area contributed by atoms with Crippen LogP contribution in [0.3, 0.4) is 0 Å². The first-order chi connectivity index (χ1) is 8.87. The van der Waals surface area contributed by atoms with E-state index >= 15 is 0 Å². The minimum Gasteiger partial charge on any atom is -0.496 e. The normalized spacial score (nSPS) is 13.4. The van der Waals surface area contributed by atoms with Crippen molar-refractivity contribution in [1.82, 2.24) is 5.43 Å². The summed E-state index contributed by atoms with van der Waals surface area (Å²) in [6, 6.07) is 4.02. The third-order valence-electron chi connectivity index (χ3n) is 3.38. The fourth-order valence-corrected chi connectivity index (χ4v) is 2.57. The number of hydrazine groups is 1. The summed E-state index contributed by atoms with van der Waals surface area (Å²) in [5, 5.41) is 0. The number of hydrogen-bond acceptors (Lipinski definition) is 4. The molecule has 4 heteroatoms. The molecule has 1 unspecified atom stereocenters. The highest BCUT2D eigenvalue weighted by Gasteiger charge is 2.33. The summed E-state index contributed by atoms with van der Waals surface area (Å²) >= 11 is 0. The Kier molecular flexibility index (Phi) is 5.35. The van der Waals surface area contributed by atoms with Gasteiger partial charge in [0.25, 0.3) is 0 Å². The van der Waals surface area contributed by atoms with Crippen LogP contribution in [0.2, 0.25) is 0 Å². The molecular weight excluding hydrogens is 240 g/mol. The van der Waals surface area contributed by atoms with Gasteiger partial charge in [0.1, 0.15) is 5.75 Å². The molecule has 0 bridgehead atoms. The predicted molar refractivity (Wildman–Crippen MR) is 78.2 cm³/mol. The van der Waals surface area contributed by atoms with E-state index in [2.05, 4.69) is 25.3 Å². The zero-order valence-electron chi connectivity index (χ0n) is 12.8. The van der Waals surface area contributed by atoms with Crippen molar-refractivity contribution in [3.8, 4) is 5.75 Å². The van der Waals surface area contributed by atoms with Crippen LogP contribution in [0.5, 0.6) is 5.75 Å². The lowest BCUT2D eigenvalue weighted by atomic mass is 9.88. The van der Waals surface area contributed by atoms with Gasteiger partial charge in [0.15, 0.2) is 0 Å². The Balaban J connectivity index is 3.32. The molecule has 3 N–H and O–H groups in total. The third kappa shape index (κ3) is 3.47. The Hall–Kier alpha value is -1.10. The van der Waals surface area contributed by atoms with E-state index < -0.39 is 5.60 Å². The Morgan fingerprint density at radius 3 is 2.42 bits per heavy atom. The van der Waals surface area contributed by atoms with Gasteiger partial charge in [0, 0.05) is 12.2 Å². The summed E-state index contributed by atoms with van der Waals surface area (Å²) in [5.41, 5.74) is 5.82. The Morgan fingerprint density at radius 2 is 1.95 bits per heavy atom. The van der Waals surface area contributed by atoms with Crippen LogP contribution in [0.25, 0.3) is 0 Å². The van der Waals surface area contributed by atoms with Crippen molar-refractivity contribution in [3.05, 3.63) is 28.8 Å². The lowest BCUT2D eigenvalue weighted by Crippen LogP contribution is -2.45. The molecule has 0 aliphatic heterocycles. The van der Waals surface area contributed by atoms with Crippen molar-refractivity contribution in [2.75, 3.05) is 13.7 Å². The number of rotatable bonds is 6. The third-order valence-corrected chi connectivity index (χ3v) is 3.38. The molecule has 0 saturated carbocycles. The van der Waals surface area contributed by atoms with Crippen LogP contribution in [0.4, 0.5) is 0 Å². The fourth-order valence-electron chi connectivity index (χ4n) is 2.57. The molecule has 0 saturated heterocycles. The van der Waals surface area contributed by atoms with Crippen LogP contribution < -0.4 is 16.0 Å². The Bertz CT molecular complexity index is 430. The number of ether oxygens (including phenoxy) is 2. The number of nitrogens with two attached hydrogens (primary N) is 1. The van der Waals surface area contributed by atoms with Gasteiger partial charge in [-0.05, 0) is 51.8 Å². The molecule has 0 amide bonds. The second kappa shape index (κ2) is 6.37. The van der Waals surface area contributed by atoms with Crippen molar-refractivity contribution >= 4 is 0 Å². The van der Waals surface area contributed by atoms with E-state index in [0.717, 1.165) is 16.9 Å². The molecule has 0 fully saturated rings. The van der Waals surface area contributed by atoms with Crippen LogP contribution in [0, 0.1) is 13.8 Å². The summed E-state index contributed by atoms with van der Waals surface area (Å²) in [4.78, 5) is 0. The van der Waals surface area contributed by atoms with E-state index in [1.54, 1.807) is 7.11 Å². The molecule has 0 radical (unpaired) electrons. The van der Waals surface area contributed by atoms with Crippen LogP contribution in [0.1, 0.15) is 43.5 Å². The first-order valence-electron chi connectivity index (χ1n) is 6.62. The number of aryl methyl sites for hydroxylation is 2. The minimum atomic E-state index is -0.420. The number of hydrogen-bond donors (Lipinski definition) is 2. The van der Waals surface area contributed by atoms with Gasteiger partial charge in [-0.1, -0.05) is 6.07 Å². The lowest BCUT2D eigenvalue weighted by Gasteiger charge is -2.35. The maximum absolute atomic E-state index is 5.82. The summed E-state index contributed by atoms with van der Waals surface area (Å²) < 4.78 is 11.3. The van der Waals surface area contributed by atoms with Gasteiger partial charge in [-0.2, -0.15) is 0 Å². The Labute approximate surface area is 116 Å². The van der Waals surface area contributed by atoms with Gasteiger partial charge in [0.05, 0.1) is 18.8 Å². The van der Waals surface area contributed by atoms with Crippen LogP contribution in [-0.4, -0.2) is 19.3 Å². The van der Waals surface area contributed by atoms with Gasteiger partial charge in [0.2, 0.25) is 0 Å². The number of methoxy groups -OCH3 is 1. The highest BCUT2D eigenvalue weighted by molar-refractivity contribution is 5.46. The molecule has 1 aromatic carbocycles. The van der Waals surface area contributed by atoms with Gasteiger partial charge in [-0.3, -0.25) is 5.84 Å². The number of nitrogens with one attached hydrogen (secondary N) is 1. The summed E-state index contributed by atoms with van der Waals surface area (Å²) in [6.07, 6.45) is 0. The zero-order chi connectivity index (χ0) is 14.6. The van der Waals surface area contributed by atoms with E-state index in [1.807, 2.05) is 26.8 Å².